The Morgan fingerprint density at radius 3 is 2.43 bits per heavy atom. The summed E-state index contributed by atoms with van der Waals surface area (Å²) in [4.78, 5) is 4.15. The van der Waals surface area contributed by atoms with Gasteiger partial charge in [0, 0.05) is 30.2 Å². The predicted octanol–water partition coefficient (Wildman–Crippen LogP) is 4.40. The molecule has 0 spiro atoms. The van der Waals surface area contributed by atoms with Crippen molar-refractivity contribution in [3.05, 3.63) is 84.7 Å². The fraction of sp³-hybridized carbons (Fsp3) is 0.105. The van der Waals surface area contributed by atoms with E-state index in [9.17, 15) is 0 Å². The molecule has 0 bridgehead atoms. The highest BCUT2D eigenvalue weighted by atomic mass is 14.9. The van der Waals surface area contributed by atoms with Gasteiger partial charge in [-0.3, -0.25) is 4.98 Å². The molecule has 21 heavy (non-hydrogen) atoms. The minimum atomic E-state index is 0.898. The van der Waals surface area contributed by atoms with Crippen LogP contribution in [-0.2, 0) is 6.42 Å². The normalized spacial score (nSPS) is 10.3. The minimum Gasteiger partial charge on any atom is -0.384 e. The van der Waals surface area contributed by atoms with Crippen LogP contribution in [0.2, 0.25) is 0 Å². The first-order chi connectivity index (χ1) is 10.4. The summed E-state index contributed by atoms with van der Waals surface area (Å²) in [6.45, 7) is 0.898. The van der Waals surface area contributed by atoms with Gasteiger partial charge in [-0.15, -0.1) is 0 Å². The summed E-state index contributed by atoms with van der Waals surface area (Å²) in [5, 5.41) is 3.53. The highest BCUT2D eigenvalue weighted by molar-refractivity contribution is 5.77. The monoisotopic (exact) mass is 274 g/mol. The third kappa shape index (κ3) is 3.48. The van der Waals surface area contributed by atoms with Gasteiger partial charge in [0.1, 0.15) is 0 Å². The number of benzene rings is 2. The maximum absolute atomic E-state index is 4.15. The van der Waals surface area contributed by atoms with Gasteiger partial charge in [-0.1, -0.05) is 54.6 Å². The maximum Gasteiger partial charge on any atom is 0.0419 e. The number of hydrogen-bond donors (Lipinski definition) is 1. The van der Waals surface area contributed by atoms with E-state index >= 15 is 0 Å². The Bertz CT molecular complexity index is 678. The molecule has 1 heterocycles. The van der Waals surface area contributed by atoms with Crippen LogP contribution in [0.4, 0.5) is 5.69 Å². The molecule has 0 atom stereocenters. The fourth-order valence-electron chi connectivity index (χ4n) is 2.39. The molecule has 2 heteroatoms. The molecule has 1 aromatic heterocycles. The van der Waals surface area contributed by atoms with Crippen LogP contribution in [0.1, 0.15) is 5.56 Å². The zero-order valence-corrected chi connectivity index (χ0v) is 11.9. The van der Waals surface area contributed by atoms with Crippen LogP contribution in [0, 0.1) is 0 Å². The molecule has 104 valence electrons. The van der Waals surface area contributed by atoms with Crippen LogP contribution in [0.3, 0.4) is 0 Å². The van der Waals surface area contributed by atoms with Crippen LogP contribution in [0.15, 0.2) is 79.1 Å². The number of anilines is 1. The topological polar surface area (TPSA) is 24.9 Å². The van der Waals surface area contributed by atoms with Crippen molar-refractivity contribution < 1.29 is 0 Å². The van der Waals surface area contributed by atoms with E-state index in [4.69, 9.17) is 0 Å². The van der Waals surface area contributed by atoms with Gasteiger partial charge in [-0.05, 0) is 29.7 Å². The van der Waals surface area contributed by atoms with Gasteiger partial charge in [-0.2, -0.15) is 0 Å². The largest absolute Gasteiger partial charge is 0.384 e. The van der Waals surface area contributed by atoms with Gasteiger partial charge < -0.3 is 5.32 Å². The molecule has 0 amide bonds. The van der Waals surface area contributed by atoms with Crippen LogP contribution in [0.25, 0.3) is 11.1 Å². The summed E-state index contributed by atoms with van der Waals surface area (Å²) in [6.07, 6.45) is 4.70. The first-order valence-electron chi connectivity index (χ1n) is 7.21. The second kappa shape index (κ2) is 6.71. The lowest BCUT2D eigenvalue weighted by molar-refractivity contribution is 1.01. The van der Waals surface area contributed by atoms with E-state index in [0.29, 0.717) is 0 Å². The summed E-state index contributed by atoms with van der Waals surface area (Å²) in [5.74, 6) is 0. The Morgan fingerprint density at radius 1 is 0.810 bits per heavy atom. The zero-order valence-electron chi connectivity index (χ0n) is 11.9. The number of hydrogen-bond acceptors (Lipinski definition) is 2. The van der Waals surface area contributed by atoms with Crippen molar-refractivity contribution in [3.63, 3.8) is 0 Å². The van der Waals surface area contributed by atoms with Gasteiger partial charge in [-0.25, -0.2) is 0 Å². The Hall–Kier alpha value is -2.61. The van der Waals surface area contributed by atoms with Crippen LogP contribution in [0.5, 0.6) is 0 Å². The molecule has 0 aliphatic heterocycles. The lowest BCUT2D eigenvalue weighted by Crippen LogP contribution is -2.06. The number of aromatic nitrogens is 1. The molecule has 3 rings (SSSR count). The van der Waals surface area contributed by atoms with E-state index in [-0.39, 0.29) is 0 Å². The van der Waals surface area contributed by atoms with Gasteiger partial charge >= 0.3 is 0 Å². The van der Waals surface area contributed by atoms with Crippen LogP contribution in [-0.4, -0.2) is 11.5 Å². The van der Waals surface area contributed by atoms with Gasteiger partial charge in [0.2, 0.25) is 0 Å². The van der Waals surface area contributed by atoms with Crippen molar-refractivity contribution in [1.29, 1.82) is 0 Å². The van der Waals surface area contributed by atoms with Crippen molar-refractivity contribution in [2.75, 3.05) is 11.9 Å². The van der Waals surface area contributed by atoms with Crippen LogP contribution < -0.4 is 5.32 Å². The lowest BCUT2D eigenvalue weighted by Gasteiger charge is -2.12. The van der Waals surface area contributed by atoms with Crippen molar-refractivity contribution >= 4 is 5.69 Å². The summed E-state index contributed by atoms with van der Waals surface area (Å²) < 4.78 is 0. The highest BCUT2D eigenvalue weighted by Gasteiger charge is 2.03. The molecule has 0 saturated carbocycles. The molecule has 2 aromatic carbocycles. The molecular weight excluding hydrogens is 256 g/mol. The number of nitrogens with one attached hydrogen (secondary N) is 1. The molecule has 0 saturated heterocycles. The molecule has 0 unspecified atom stereocenters. The predicted molar refractivity (Wildman–Crippen MR) is 88.3 cm³/mol. The van der Waals surface area contributed by atoms with E-state index in [2.05, 4.69) is 64.9 Å². The van der Waals surface area contributed by atoms with Crippen molar-refractivity contribution in [3.8, 4) is 11.1 Å². The zero-order chi connectivity index (χ0) is 14.3. The first kappa shape index (κ1) is 13.4. The first-order valence-corrected chi connectivity index (χ1v) is 7.21. The van der Waals surface area contributed by atoms with E-state index in [1.807, 2.05) is 24.5 Å². The maximum atomic E-state index is 4.15. The van der Waals surface area contributed by atoms with E-state index in [1.54, 1.807) is 0 Å². The molecular formula is C19H18N2. The van der Waals surface area contributed by atoms with Crippen LogP contribution >= 0.6 is 0 Å². The van der Waals surface area contributed by atoms with Gasteiger partial charge in [0.05, 0.1) is 0 Å². The van der Waals surface area contributed by atoms with Crippen molar-refractivity contribution in [2.24, 2.45) is 0 Å². The summed E-state index contributed by atoms with van der Waals surface area (Å²) >= 11 is 0. The summed E-state index contributed by atoms with van der Waals surface area (Å²) in [7, 11) is 0. The summed E-state index contributed by atoms with van der Waals surface area (Å²) in [5.41, 5.74) is 4.90. The van der Waals surface area contributed by atoms with E-state index < -0.39 is 0 Å². The van der Waals surface area contributed by atoms with E-state index in [0.717, 1.165) is 13.0 Å². The number of rotatable bonds is 5. The molecule has 0 aliphatic rings. The van der Waals surface area contributed by atoms with Gasteiger partial charge in [0.25, 0.3) is 0 Å². The second-order valence-electron chi connectivity index (χ2n) is 4.95. The van der Waals surface area contributed by atoms with Crippen molar-refractivity contribution in [2.45, 2.75) is 6.42 Å². The molecule has 0 aliphatic carbocycles. The lowest BCUT2D eigenvalue weighted by atomic mass is 10.0. The molecule has 1 N–H and O–H groups in total. The average Bonchev–Trinajstić information content (AvgIpc) is 2.57. The number of nitrogens with zero attached hydrogens (tertiary/aromatic N) is 1. The van der Waals surface area contributed by atoms with Crippen molar-refractivity contribution in [1.82, 2.24) is 4.98 Å². The molecule has 0 radical (unpaired) electrons. The van der Waals surface area contributed by atoms with Gasteiger partial charge in [0.15, 0.2) is 0 Å². The highest BCUT2D eigenvalue weighted by Crippen LogP contribution is 2.27. The second-order valence-corrected chi connectivity index (χ2v) is 4.95. The summed E-state index contributed by atoms with van der Waals surface area (Å²) in [6, 6.07) is 23.0. The SMILES string of the molecule is c1ccc(-c2ccccc2NCCc2cccnc2)cc1. The third-order valence-corrected chi connectivity index (χ3v) is 3.46. The fourth-order valence-corrected chi connectivity index (χ4v) is 2.39. The average molecular weight is 274 g/mol. The van der Waals surface area contributed by atoms with E-state index in [1.165, 1.54) is 22.4 Å². The molecule has 3 aromatic rings. The number of para-hydroxylation sites is 1. The standard InChI is InChI=1S/C19H18N2/c1-2-8-17(9-3-1)18-10-4-5-11-19(18)21-14-12-16-7-6-13-20-15-16/h1-11,13,15,21H,12,14H2. The Kier molecular flexibility index (Phi) is 4.27. The quantitative estimate of drug-likeness (QED) is 0.745. The Balaban J connectivity index is 1.71. The smallest absolute Gasteiger partial charge is 0.0419 e. The molecule has 0 fully saturated rings. The molecule has 2 nitrogen and oxygen atoms in total. The number of pyridine rings is 1. The minimum absolute atomic E-state index is 0.898. The Morgan fingerprint density at radius 2 is 1.62 bits per heavy atom. The third-order valence-electron chi connectivity index (χ3n) is 3.46. The Labute approximate surface area is 125 Å².